The molecule has 0 aliphatic carbocycles. The van der Waals surface area contributed by atoms with Crippen molar-refractivity contribution in [1.82, 2.24) is 9.80 Å². The van der Waals surface area contributed by atoms with E-state index in [4.69, 9.17) is 9.15 Å². The van der Waals surface area contributed by atoms with Gasteiger partial charge in [0, 0.05) is 19.1 Å². The van der Waals surface area contributed by atoms with Crippen LogP contribution in [-0.4, -0.2) is 62.1 Å². The van der Waals surface area contributed by atoms with Gasteiger partial charge in [0.15, 0.2) is 0 Å². The molecule has 0 unspecified atom stereocenters. The number of rotatable bonds is 5. The molecule has 0 amide bonds. The Morgan fingerprint density at radius 3 is 3.00 bits per heavy atom. The molecule has 0 N–H and O–H groups in total. The van der Waals surface area contributed by atoms with Gasteiger partial charge in [0.05, 0.1) is 13.4 Å². The van der Waals surface area contributed by atoms with Gasteiger partial charge in [0.2, 0.25) is 0 Å². The van der Waals surface area contributed by atoms with Crippen molar-refractivity contribution in [3.63, 3.8) is 0 Å². The average molecular weight is 278 g/mol. The first kappa shape index (κ1) is 14.8. The third-order valence-electron chi connectivity index (χ3n) is 3.75. The molecule has 110 valence electrons. The standard InChI is InChI=1S/C15H22N2O3/c1-16(2)12-10-14(15(18)19-3)17(11-12)8-4-6-13-7-5-9-20-13/h4-7,9,12,14H,8,10-11H2,1-3H3/b6-4+/t12-,14+/m1/s1. The maximum absolute atomic E-state index is 11.9. The molecule has 1 fully saturated rings. The van der Waals surface area contributed by atoms with Crippen LogP contribution in [0.5, 0.6) is 0 Å². The summed E-state index contributed by atoms with van der Waals surface area (Å²) in [5, 5.41) is 0. The van der Waals surface area contributed by atoms with Crippen LogP contribution in [0.25, 0.3) is 6.08 Å². The molecule has 1 aliphatic heterocycles. The van der Waals surface area contributed by atoms with Crippen molar-refractivity contribution in [2.45, 2.75) is 18.5 Å². The van der Waals surface area contributed by atoms with E-state index < -0.39 is 0 Å². The van der Waals surface area contributed by atoms with Gasteiger partial charge in [-0.3, -0.25) is 9.69 Å². The lowest BCUT2D eigenvalue weighted by Gasteiger charge is -2.20. The van der Waals surface area contributed by atoms with Crippen molar-refractivity contribution in [3.05, 3.63) is 30.2 Å². The smallest absolute Gasteiger partial charge is 0.323 e. The Morgan fingerprint density at radius 2 is 2.40 bits per heavy atom. The van der Waals surface area contributed by atoms with E-state index in [-0.39, 0.29) is 12.0 Å². The quantitative estimate of drug-likeness (QED) is 0.763. The first-order valence-corrected chi connectivity index (χ1v) is 6.80. The molecule has 0 aromatic carbocycles. The van der Waals surface area contributed by atoms with Crippen LogP contribution in [0, 0.1) is 0 Å². The van der Waals surface area contributed by atoms with Crippen molar-refractivity contribution in [2.24, 2.45) is 0 Å². The maximum atomic E-state index is 11.9. The monoisotopic (exact) mass is 278 g/mol. The van der Waals surface area contributed by atoms with Crippen molar-refractivity contribution < 1.29 is 13.9 Å². The van der Waals surface area contributed by atoms with Gasteiger partial charge in [-0.05, 0) is 38.7 Å². The minimum absolute atomic E-state index is 0.152. The largest absolute Gasteiger partial charge is 0.468 e. The van der Waals surface area contributed by atoms with Gasteiger partial charge in [-0.1, -0.05) is 6.08 Å². The highest BCUT2D eigenvalue weighted by Crippen LogP contribution is 2.21. The molecule has 2 heterocycles. The van der Waals surface area contributed by atoms with Crippen LogP contribution in [0.4, 0.5) is 0 Å². The first-order valence-electron chi connectivity index (χ1n) is 6.80. The molecule has 0 spiro atoms. The molecule has 20 heavy (non-hydrogen) atoms. The fourth-order valence-corrected chi connectivity index (χ4v) is 2.53. The number of likely N-dealkylation sites (tertiary alicyclic amines) is 1. The zero-order valence-corrected chi connectivity index (χ0v) is 12.3. The number of hydrogen-bond donors (Lipinski definition) is 0. The maximum Gasteiger partial charge on any atom is 0.323 e. The number of esters is 1. The second-order valence-corrected chi connectivity index (χ2v) is 5.26. The normalized spacial score (nSPS) is 23.8. The molecule has 0 bridgehead atoms. The molecule has 5 heteroatoms. The molecule has 1 saturated heterocycles. The summed E-state index contributed by atoms with van der Waals surface area (Å²) in [5.74, 6) is 0.670. The Kier molecular flexibility index (Phi) is 4.98. The number of furan rings is 1. The Hall–Kier alpha value is -1.59. The highest BCUT2D eigenvalue weighted by molar-refractivity contribution is 5.76. The number of likely N-dealkylation sites (N-methyl/N-ethyl adjacent to an activating group) is 1. The van der Waals surface area contributed by atoms with E-state index in [0.717, 1.165) is 18.7 Å². The summed E-state index contributed by atoms with van der Waals surface area (Å²) in [7, 11) is 5.53. The van der Waals surface area contributed by atoms with Crippen molar-refractivity contribution in [1.29, 1.82) is 0 Å². The lowest BCUT2D eigenvalue weighted by molar-refractivity contribution is -0.145. The summed E-state index contributed by atoms with van der Waals surface area (Å²) in [6.45, 7) is 1.58. The van der Waals surface area contributed by atoms with Crippen LogP contribution in [0.2, 0.25) is 0 Å². The topological polar surface area (TPSA) is 45.9 Å². The SMILES string of the molecule is COC(=O)[C@@H]1C[C@@H](N(C)C)CN1C/C=C/c1ccco1. The van der Waals surface area contributed by atoms with Crippen LogP contribution in [0.1, 0.15) is 12.2 Å². The molecule has 5 nitrogen and oxygen atoms in total. The number of carbonyl (C=O) groups is 1. The van der Waals surface area contributed by atoms with Crippen molar-refractivity contribution in [2.75, 3.05) is 34.3 Å². The lowest BCUT2D eigenvalue weighted by Crippen LogP contribution is -2.37. The summed E-state index contributed by atoms with van der Waals surface area (Å²) in [5.41, 5.74) is 0. The Morgan fingerprint density at radius 1 is 1.60 bits per heavy atom. The third-order valence-corrected chi connectivity index (χ3v) is 3.75. The van der Waals surface area contributed by atoms with Crippen molar-refractivity contribution in [3.8, 4) is 0 Å². The van der Waals surface area contributed by atoms with Gasteiger partial charge < -0.3 is 14.1 Å². The predicted octanol–water partition coefficient (Wildman–Crippen LogP) is 1.47. The third kappa shape index (κ3) is 3.49. The molecule has 1 aliphatic rings. The van der Waals surface area contributed by atoms with Crippen LogP contribution < -0.4 is 0 Å². The van der Waals surface area contributed by atoms with Gasteiger partial charge in [-0.25, -0.2) is 0 Å². The van der Waals surface area contributed by atoms with Gasteiger partial charge in [0.1, 0.15) is 11.8 Å². The minimum Gasteiger partial charge on any atom is -0.468 e. The Bertz CT molecular complexity index is 454. The van der Waals surface area contributed by atoms with Crippen molar-refractivity contribution >= 4 is 12.0 Å². The minimum atomic E-state index is -0.159. The lowest BCUT2D eigenvalue weighted by atomic mass is 10.1. The fourth-order valence-electron chi connectivity index (χ4n) is 2.53. The predicted molar refractivity (Wildman–Crippen MR) is 77.2 cm³/mol. The van der Waals surface area contributed by atoms with E-state index in [9.17, 15) is 4.79 Å². The summed E-state index contributed by atoms with van der Waals surface area (Å²) >= 11 is 0. The van der Waals surface area contributed by atoms with Gasteiger partial charge >= 0.3 is 5.97 Å². The van der Waals surface area contributed by atoms with Gasteiger partial charge in [0.25, 0.3) is 0 Å². The van der Waals surface area contributed by atoms with E-state index >= 15 is 0 Å². The number of hydrogen-bond acceptors (Lipinski definition) is 5. The van der Waals surface area contributed by atoms with E-state index in [1.807, 2.05) is 38.4 Å². The molecular weight excluding hydrogens is 256 g/mol. The number of methoxy groups -OCH3 is 1. The Labute approximate surface area is 119 Å². The molecule has 1 aromatic rings. The van der Waals surface area contributed by atoms with E-state index in [1.165, 1.54) is 7.11 Å². The first-order chi connectivity index (χ1) is 9.61. The molecule has 0 radical (unpaired) electrons. The zero-order valence-electron chi connectivity index (χ0n) is 12.3. The number of ether oxygens (including phenoxy) is 1. The van der Waals surface area contributed by atoms with E-state index in [2.05, 4.69) is 9.80 Å². The van der Waals surface area contributed by atoms with Crippen LogP contribution in [-0.2, 0) is 9.53 Å². The molecule has 0 saturated carbocycles. The van der Waals surface area contributed by atoms with Crippen LogP contribution in [0.15, 0.2) is 28.9 Å². The summed E-state index contributed by atoms with van der Waals surface area (Å²) in [6, 6.07) is 3.99. The fraction of sp³-hybridized carbons (Fsp3) is 0.533. The van der Waals surface area contributed by atoms with Crippen LogP contribution >= 0.6 is 0 Å². The second kappa shape index (κ2) is 6.72. The van der Waals surface area contributed by atoms with Gasteiger partial charge in [-0.2, -0.15) is 0 Å². The number of carbonyl (C=O) groups excluding carboxylic acids is 1. The molecule has 1 aromatic heterocycles. The van der Waals surface area contributed by atoms with E-state index in [1.54, 1.807) is 6.26 Å². The highest BCUT2D eigenvalue weighted by Gasteiger charge is 2.37. The van der Waals surface area contributed by atoms with Gasteiger partial charge in [-0.15, -0.1) is 0 Å². The van der Waals surface area contributed by atoms with E-state index in [0.29, 0.717) is 12.6 Å². The number of nitrogens with zero attached hydrogens (tertiary/aromatic N) is 2. The molecular formula is C15H22N2O3. The second-order valence-electron chi connectivity index (χ2n) is 5.26. The summed E-state index contributed by atoms with van der Waals surface area (Å²) < 4.78 is 10.2. The zero-order chi connectivity index (χ0) is 14.5. The average Bonchev–Trinajstić information content (AvgIpc) is 3.07. The Balaban J connectivity index is 1.98. The molecule has 2 rings (SSSR count). The highest BCUT2D eigenvalue weighted by atomic mass is 16.5. The summed E-state index contributed by atoms with van der Waals surface area (Å²) in [4.78, 5) is 16.2. The van der Waals surface area contributed by atoms with Crippen LogP contribution in [0.3, 0.4) is 0 Å². The molecule has 2 atom stereocenters. The summed E-state index contributed by atoms with van der Waals surface area (Å²) in [6.07, 6.45) is 6.41.